The van der Waals surface area contributed by atoms with Crippen LogP contribution in [0, 0.1) is 5.92 Å². The van der Waals surface area contributed by atoms with Crippen molar-refractivity contribution in [2.24, 2.45) is 5.92 Å². The molecule has 1 aromatic rings. The third kappa shape index (κ3) is 4.33. The van der Waals surface area contributed by atoms with Crippen LogP contribution < -0.4 is 10.1 Å². The second-order valence-electron chi connectivity index (χ2n) is 5.68. The maximum absolute atomic E-state index is 11.9. The number of hydrogen-bond acceptors (Lipinski definition) is 3. The van der Waals surface area contributed by atoms with Crippen LogP contribution in [0.1, 0.15) is 38.4 Å². The molecule has 1 fully saturated rings. The topological polar surface area (TPSA) is 58.6 Å². The molecule has 2 unspecified atom stereocenters. The molecular formula is C17H23NO3. The number of amides is 1. The summed E-state index contributed by atoms with van der Waals surface area (Å²) in [5.74, 6) is 1.18. The first-order valence-electron chi connectivity index (χ1n) is 7.32. The molecule has 0 spiro atoms. The summed E-state index contributed by atoms with van der Waals surface area (Å²) in [5, 5.41) is 13.1. The molecule has 4 nitrogen and oxygen atoms in total. The van der Waals surface area contributed by atoms with E-state index in [2.05, 4.69) is 5.32 Å². The van der Waals surface area contributed by atoms with E-state index in [1.54, 1.807) is 44.4 Å². The van der Waals surface area contributed by atoms with E-state index >= 15 is 0 Å². The lowest BCUT2D eigenvalue weighted by Gasteiger charge is -2.20. The average Bonchev–Trinajstić information content (AvgIpc) is 3.31. The average molecular weight is 289 g/mol. The summed E-state index contributed by atoms with van der Waals surface area (Å²) in [6, 6.07) is 6.85. The molecule has 1 aromatic carbocycles. The second kappa shape index (κ2) is 6.76. The highest BCUT2D eigenvalue weighted by Gasteiger charge is 2.24. The molecule has 2 N–H and O–H groups in total. The Bertz CT molecular complexity index is 517. The molecule has 4 heteroatoms. The van der Waals surface area contributed by atoms with Gasteiger partial charge in [-0.25, -0.2) is 0 Å². The smallest absolute Gasteiger partial charge is 0.244 e. The highest BCUT2D eigenvalue weighted by Crippen LogP contribution is 2.35. The number of carbonyl (C=O) groups is 1. The standard InChI is InChI=1S/C17H23NO3/c1-11(13-4-5-13)10-16(19)18-12(2)17(20)14-6-8-15(21-3)9-7-14/h6-10,12-13,17,20H,4-5H2,1-3H3,(H,18,19)/b11-10-. The van der Waals surface area contributed by atoms with Gasteiger partial charge in [0.25, 0.3) is 0 Å². The number of nitrogens with one attached hydrogen (secondary N) is 1. The highest BCUT2D eigenvalue weighted by atomic mass is 16.5. The number of methoxy groups -OCH3 is 1. The largest absolute Gasteiger partial charge is 0.497 e. The molecule has 1 amide bonds. The van der Waals surface area contributed by atoms with Crippen molar-refractivity contribution in [2.45, 2.75) is 38.8 Å². The molecule has 1 saturated carbocycles. The van der Waals surface area contributed by atoms with Crippen LogP contribution in [0.15, 0.2) is 35.9 Å². The zero-order valence-corrected chi connectivity index (χ0v) is 12.8. The number of hydrogen-bond donors (Lipinski definition) is 2. The Morgan fingerprint density at radius 1 is 1.38 bits per heavy atom. The van der Waals surface area contributed by atoms with Crippen LogP contribution >= 0.6 is 0 Å². The van der Waals surface area contributed by atoms with E-state index in [4.69, 9.17) is 4.74 Å². The molecule has 21 heavy (non-hydrogen) atoms. The molecule has 2 rings (SSSR count). The molecule has 0 aromatic heterocycles. The lowest BCUT2D eigenvalue weighted by Crippen LogP contribution is -2.36. The van der Waals surface area contributed by atoms with Gasteiger partial charge in [0, 0.05) is 6.08 Å². The van der Waals surface area contributed by atoms with Crippen LogP contribution in [0.5, 0.6) is 5.75 Å². The summed E-state index contributed by atoms with van der Waals surface area (Å²) in [7, 11) is 1.60. The summed E-state index contributed by atoms with van der Waals surface area (Å²) in [4.78, 5) is 11.9. The highest BCUT2D eigenvalue weighted by molar-refractivity contribution is 5.88. The van der Waals surface area contributed by atoms with E-state index in [-0.39, 0.29) is 11.9 Å². The van der Waals surface area contributed by atoms with E-state index < -0.39 is 6.10 Å². The van der Waals surface area contributed by atoms with Gasteiger partial charge < -0.3 is 15.2 Å². The number of rotatable bonds is 6. The van der Waals surface area contributed by atoms with Crippen LogP contribution in [0.2, 0.25) is 0 Å². The Kier molecular flexibility index (Phi) is 5.02. The molecule has 0 saturated heterocycles. The quantitative estimate of drug-likeness (QED) is 0.791. The molecule has 114 valence electrons. The minimum Gasteiger partial charge on any atom is -0.497 e. The minimum absolute atomic E-state index is 0.139. The molecule has 2 atom stereocenters. The van der Waals surface area contributed by atoms with E-state index in [0.29, 0.717) is 5.92 Å². The van der Waals surface area contributed by atoms with Gasteiger partial charge in [-0.2, -0.15) is 0 Å². The van der Waals surface area contributed by atoms with Gasteiger partial charge in [0.1, 0.15) is 5.75 Å². The van der Waals surface area contributed by atoms with Gasteiger partial charge in [-0.05, 0) is 50.3 Å². The van der Waals surface area contributed by atoms with E-state index in [9.17, 15) is 9.90 Å². The number of carbonyl (C=O) groups excluding carboxylic acids is 1. The fourth-order valence-electron chi connectivity index (χ4n) is 2.30. The SMILES string of the molecule is COc1ccc(C(O)C(C)NC(=O)/C=C(/C)C2CC2)cc1. The fourth-order valence-corrected chi connectivity index (χ4v) is 2.30. The number of ether oxygens (including phenoxy) is 1. The van der Waals surface area contributed by atoms with E-state index in [1.807, 2.05) is 6.92 Å². The first-order valence-corrected chi connectivity index (χ1v) is 7.32. The van der Waals surface area contributed by atoms with Crippen molar-refractivity contribution >= 4 is 5.91 Å². The monoisotopic (exact) mass is 289 g/mol. The lowest BCUT2D eigenvalue weighted by molar-refractivity contribution is -0.117. The third-order valence-electron chi connectivity index (χ3n) is 3.88. The van der Waals surface area contributed by atoms with E-state index in [1.165, 1.54) is 12.8 Å². The first kappa shape index (κ1) is 15.6. The van der Waals surface area contributed by atoms with Crippen molar-refractivity contribution in [3.8, 4) is 5.75 Å². The minimum atomic E-state index is -0.741. The van der Waals surface area contributed by atoms with Gasteiger partial charge >= 0.3 is 0 Å². The number of aliphatic hydroxyl groups excluding tert-OH is 1. The van der Waals surface area contributed by atoms with Crippen LogP contribution in [-0.2, 0) is 4.79 Å². The van der Waals surface area contributed by atoms with Gasteiger partial charge in [-0.15, -0.1) is 0 Å². The summed E-state index contributed by atoms with van der Waals surface area (Å²) in [5.41, 5.74) is 1.88. The molecule has 0 heterocycles. The van der Waals surface area contributed by atoms with Crippen molar-refractivity contribution < 1.29 is 14.6 Å². The van der Waals surface area contributed by atoms with Crippen LogP contribution in [0.3, 0.4) is 0 Å². The van der Waals surface area contributed by atoms with Gasteiger partial charge in [-0.1, -0.05) is 17.7 Å². The number of allylic oxidation sites excluding steroid dienone is 1. The Hall–Kier alpha value is -1.81. The molecular weight excluding hydrogens is 266 g/mol. The predicted molar refractivity (Wildman–Crippen MR) is 82.0 cm³/mol. The summed E-state index contributed by atoms with van der Waals surface area (Å²) < 4.78 is 5.09. The van der Waals surface area contributed by atoms with Crippen molar-refractivity contribution in [2.75, 3.05) is 7.11 Å². The van der Waals surface area contributed by atoms with Gasteiger partial charge in [0.15, 0.2) is 0 Å². The normalized spacial score (nSPS) is 18.0. The number of benzene rings is 1. The van der Waals surface area contributed by atoms with Crippen molar-refractivity contribution in [3.63, 3.8) is 0 Å². The Labute approximate surface area is 125 Å². The van der Waals surface area contributed by atoms with Crippen LogP contribution in [-0.4, -0.2) is 24.2 Å². The summed E-state index contributed by atoms with van der Waals surface area (Å²) in [6.45, 7) is 3.79. The van der Waals surface area contributed by atoms with E-state index in [0.717, 1.165) is 16.9 Å². The number of aliphatic hydroxyl groups is 1. The molecule has 0 radical (unpaired) electrons. The zero-order valence-electron chi connectivity index (χ0n) is 12.8. The third-order valence-corrected chi connectivity index (χ3v) is 3.88. The van der Waals surface area contributed by atoms with Gasteiger partial charge in [-0.3, -0.25) is 4.79 Å². The Balaban J connectivity index is 1.93. The molecule has 1 aliphatic carbocycles. The summed E-state index contributed by atoms with van der Waals surface area (Å²) in [6.07, 6.45) is 3.27. The van der Waals surface area contributed by atoms with Crippen molar-refractivity contribution in [1.29, 1.82) is 0 Å². The molecule has 1 aliphatic rings. The van der Waals surface area contributed by atoms with Crippen LogP contribution in [0.4, 0.5) is 0 Å². The summed E-state index contributed by atoms with van der Waals surface area (Å²) >= 11 is 0. The molecule has 0 bridgehead atoms. The fraction of sp³-hybridized carbons (Fsp3) is 0.471. The van der Waals surface area contributed by atoms with Crippen LogP contribution in [0.25, 0.3) is 0 Å². The first-order chi connectivity index (χ1) is 10.0. The second-order valence-corrected chi connectivity index (χ2v) is 5.68. The Morgan fingerprint density at radius 2 is 2.00 bits per heavy atom. The lowest BCUT2D eigenvalue weighted by atomic mass is 10.0. The molecule has 0 aliphatic heterocycles. The maximum atomic E-state index is 11.9. The predicted octanol–water partition coefficient (Wildman–Crippen LogP) is 2.59. The van der Waals surface area contributed by atoms with Crippen molar-refractivity contribution in [3.05, 3.63) is 41.5 Å². The van der Waals surface area contributed by atoms with Gasteiger partial charge in [0.2, 0.25) is 5.91 Å². The van der Waals surface area contributed by atoms with Crippen molar-refractivity contribution in [1.82, 2.24) is 5.32 Å². The zero-order chi connectivity index (χ0) is 15.4. The maximum Gasteiger partial charge on any atom is 0.244 e. The van der Waals surface area contributed by atoms with Gasteiger partial charge in [0.05, 0.1) is 19.3 Å². The Morgan fingerprint density at radius 3 is 2.52 bits per heavy atom.